The van der Waals surface area contributed by atoms with E-state index in [2.05, 4.69) is 25.9 Å². The standard InChI is InChI=1S/C14H9BrClF2N3/c1-7(16)13-20-11-4-8(15)6-19-14(11)21(13)12-5-9(17)2-3-10(12)18/h2-7H,1H3. The Morgan fingerprint density at radius 3 is 2.76 bits per heavy atom. The van der Waals surface area contributed by atoms with E-state index < -0.39 is 17.0 Å². The Hall–Kier alpha value is -1.53. The summed E-state index contributed by atoms with van der Waals surface area (Å²) in [7, 11) is 0. The lowest BCUT2D eigenvalue weighted by atomic mass is 10.2. The van der Waals surface area contributed by atoms with E-state index in [1.807, 2.05) is 0 Å². The van der Waals surface area contributed by atoms with Crippen molar-refractivity contribution in [3.8, 4) is 5.69 Å². The van der Waals surface area contributed by atoms with Crippen molar-refractivity contribution in [2.24, 2.45) is 0 Å². The van der Waals surface area contributed by atoms with E-state index in [-0.39, 0.29) is 5.69 Å². The van der Waals surface area contributed by atoms with Crippen molar-refractivity contribution >= 4 is 38.7 Å². The van der Waals surface area contributed by atoms with Gasteiger partial charge in [0.25, 0.3) is 0 Å². The van der Waals surface area contributed by atoms with Gasteiger partial charge in [-0.05, 0) is 41.1 Å². The molecule has 3 aromatic rings. The van der Waals surface area contributed by atoms with Gasteiger partial charge < -0.3 is 0 Å². The Morgan fingerprint density at radius 1 is 1.29 bits per heavy atom. The average molecular weight is 373 g/mol. The van der Waals surface area contributed by atoms with Gasteiger partial charge in [0.05, 0.1) is 11.1 Å². The number of imidazole rings is 1. The first-order valence-corrected chi connectivity index (χ1v) is 7.33. The van der Waals surface area contributed by atoms with Gasteiger partial charge >= 0.3 is 0 Å². The Labute approximate surface area is 132 Å². The number of benzene rings is 1. The van der Waals surface area contributed by atoms with E-state index in [4.69, 9.17) is 11.6 Å². The molecule has 3 nitrogen and oxygen atoms in total. The van der Waals surface area contributed by atoms with Crippen LogP contribution in [0.15, 0.2) is 34.9 Å². The van der Waals surface area contributed by atoms with Crippen molar-refractivity contribution in [1.82, 2.24) is 14.5 Å². The minimum absolute atomic E-state index is 0.0369. The van der Waals surface area contributed by atoms with E-state index in [1.165, 1.54) is 4.57 Å². The van der Waals surface area contributed by atoms with E-state index in [0.717, 1.165) is 22.7 Å². The molecular weight excluding hydrogens is 364 g/mol. The predicted octanol–water partition coefficient (Wildman–Crippen LogP) is 4.76. The van der Waals surface area contributed by atoms with E-state index in [0.29, 0.717) is 17.0 Å². The van der Waals surface area contributed by atoms with Crippen LogP contribution in [-0.2, 0) is 0 Å². The molecular formula is C14H9BrClF2N3. The molecule has 0 bridgehead atoms. The van der Waals surface area contributed by atoms with Crippen LogP contribution >= 0.6 is 27.5 Å². The highest BCUT2D eigenvalue weighted by Gasteiger charge is 2.20. The quantitative estimate of drug-likeness (QED) is 0.607. The molecule has 0 aliphatic rings. The molecule has 0 aliphatic heterocycles. The highest BCUT2D eigenvalue weighted by atomic mass is 79.9. The SMILES string of the molecule is CC(Cl)c1nc2cc(Br)cnc2n1-c1cc(F)ccc1F. The predicted molar refractivity (Wildman–Crippen MR) is 80.7 cm³/mol. The molecule has 0 amide bonds. The molecule has 21 heavy (non-hydrogen) atoms. The maximum Gasteiger partial charge on any atom is 0.164 e. The number of aromatic nitrogens is 3. The highest BCUT2D eigenvalue weighted by Crippen LogP contribution is 2.29. The smallest absolute Gasteiger partial charge is 0.164 e. The largest absolute Gasteiger partial charge is 0.276 e. The fraction of sp³-hybridized carbons (Fsp3) is 0.143. The summed E-state index contributed by atoms with van der Waals surface area (Å²) in [5.41, 5.74) is 1.01. The van der Waals surface area contributed by atoms with Crippen molar-refractivity contribution in [2.45, 2.75) is 12.3 Å². The molecule has 1 atom stereocenters. The molecule has 0 radical (unpaired) electrons. The van der Waals surface area contributed by atoms with Gasteiger partial charge in [-0.25, -0.2) is 18.7 Å². The zero-order valence-electron chi connectivity index (χ0n) is 10.8. The third-order valence-corrected chi connectivity index (χ3v) is 3.62. The third kappa shape index (κ3) is 2.53. The summed E-state index contributed by atoms with van der Waals surface area (Å²) < 4.78 is 29.7. The number of pyridine rings is 1. The number of alkyl halides is 1. The van der Waals surface area contributed by atoms with Crippen LogP contribution in [0.25, 0.3) is 16.9 Å². The van der Waals surface area contributed by atoms with Gasteiger partial charge in [-0.15, -0.1) is 11.6 Å². The summed E-state index contributed by atoms with van der Waals surface area (Å²) in [5, 5.41) is -0.486. The summed E-state index contributed by atoms with van der Waals surface area (Å²) in [4.78, 5) is 8.61. The second kappa shape index (κ2) is 5.35. The van der Waals surface area contributed by atoms with Gasteiger partial charge in [0, 0.05) is 16.7 Å². The molecule has 2 heterocycles. The monoisotopic (exact) mass is 371 g/mol. The van der Waals surface area contributed by atoms with Crippen LogP contribution in [0.5, 0.6) is 0 Å². The Balaban J connectivity index is 2.39. The van der Waals surface area contributed by atoms with Crippen molar-refractivity contribution in [3.05, 3.63) is 52.4 Å². The maximum absolute atomic E-state index is 14.1. The van der Waals surface area contributed by atoms with Gasteiger partial charge in [-0.3, -0.25) is 4.57 Å². The zero-order chi connectivity index (χ0) is 15.1. The van der Waals surface area contributed by atoms with Crippen LogP contribution in [0.1, 0.15) is 18.1 Å². The summed E-state index contributed by atoms with van der Waals surface area (Å²) in [6.07, 6.45) is 1.57. The Morgan fingerprint density at radius 2 is 2.05 bits per heavy atom. The molecule has 7 heteroatoms. The van der Waals surface area contributed by atoms with Crippen LogP contribution in [0.2, 0.25) is 0 Å². The van der Waals surface area contributed by atoms with Gasteiger partial charge in [0.1, 0.15) is 23.0 Å². The minimum Gasteiger partial charge on any atom is -0.276 e. The molecule has 2 aromatic heterocycles. The highest BCUT2D eigenvalue weighted by molar-refractivity contribution is 9.10. The Bertz CT molecular complexity index is 832. The van der Waals surface area contributed by atoms with Crippen LogP contribution in [0.4, 0.5) is 8.78 Å². The lowest BCUT2D eigenvalue weighted by Gasteiger charge is -2.11. The second-order valence-corrected chi connectivity index (χ2v) is 6.08. The molecule has 0 aliphatic carbocycles. The van der Waals surface area contributed by atoms with Crippen molar-refractivity contribution in [3.63, 3.8) is 0 Å². The van der Waals surface area contributed by atoms with Gasteiger partial charge in [0.2, 0.25) is 0 Å². The molecule has 0 fully saturated rings. The first-order chi connectivity index (χ1) is 9.97. The maximum atomic E-state index is 14.1. The summed E-state index contributed by atoms with van der Waals surface area (Å²) in [6.45, 7) is 1.71. The first kappa shape index (κ1) is 14.4. The summed E-state index contributed by atoms with van der Waals surface area (Å²) in [6, 6.07) is 4.98. The van der Waals surface area contributed by atoms with E-state index in [9.17, 15) is 8.78 Å². The van der Waals surface area contributed by atoms with Crippen LogP contribution in [0, 0.1) is 11.6 Å². The number of nitrogens with zero attached hydrogens (tertiary/aromatic N) is 3. The number of hydrogen-bond donors (Lipinski definition) is 0. The van der Waals surface area contributed by atoms with Gasteiger partial charge in [0.15, 0.2) is 5.65 Å². The lowest BCUT2D eigenvalue weighted by molar-refractivity contribution is 0.591. The van der Waals surface area contributed by atoms with Gasteiger partial charge in [-0.2, -0.15) is 0 Å². The Kier molecular flexibility index (Phi) is 3.67. The summed E-state index contributed by atoms with van der Waals surface area (Å²) in [5.74, 6) is -0.709. The molecule has 1 aromatic carbocycles. The van der Waals surface area contributed by atoms with Crippen LogP contribution in [-0.4, -0.2) is 14.5 Å². The molecule has 108 valence electrons. The number of fused-ring (bicyclic) bond motifs is 1. The summed E-state index contributed by atoms with van der Waals surface area (Å²) >= 11 is 9.43. The zero-order valence-corrected chi connectivity index (χ0v) is 13.2. The molecule has 3 rings (SSSR count). The normalized spacial score (nSPS) is 12.8. The molecule has 0 N–H and O–H groups in total. The van der Waals surface area contributed by atoms with Gasteiger partial charge in [-0.1, -0.05) is 0 Å². The first-order valence-electron chi connectivity index (χ1n) is 6.11. The average Bonchev–Trinajstić information content (AvgIpc) is 2.80. The number of halogens is 4. The fourth-order valence-corrected chi connectivity index (χ4v) is 2.58. The molecule has 0 saturated heterocycles. The van der Waals surface area contributed by atoms with Crippen LogP contribution in [0.3, 0.4) is 0 Å². The van der Waals surface area contributed by atoms with Crippen molar-refractivity contribution in [2.75, 3.05) is 0 Å². The van der Waals surface area contributed by atoms with Crippen LogP contribution < -0.4 is 0 Å². The lowest BCUT2D eigenvalue weighted by Crippen LogP contribution is -2.05. The number of hydrogen-bond acceptors (Lipinski definition) is 2. The number of rotatable bonds is 2. The third-order valence-electron chi connectivity index (χ3n) is 2.99. The molecule has 0 spiro atoms. The minimum atomic E-state index is -0.570. The fourth-order valence-electron chi connectivity index (χ4n) is 2.12. The van der Waals surface area contributed by atoms with E-state index >= 15 is 0 Å². The molecule has 1 unspecified atom stereocenters. The van der Waals surface area contributed by atoms with Crippen molar-refractivity contribution in [1.29, 1.82) is 0 Å². The molecule has 0 saturated carbocycles. The van der Waals surface area contributed by atoms with Crippen molar-refractivity contribution < 1.29 is 8.78 Å². The topological polar surface area (TPSA) is 30.7 Å². The second-order valence-electron chi connectivity index (χ2n) is 4.51. The van der Waals surface area contributed by atoms with E-state index in [1.54, 1.807) is 19.2 Å².